The van der Waals surface area contributed by atoms with Gasteiger partial charge in [0.05, 0.1) is 6.10 Å². The quantitative estimate of drug-likeness (QED) is 0.740. The number of phenolic OH excluding ortho intramolecular Hbond substituents is 1. The highest BCUT2D eigenvalue weighted by Gasteiger charge is 2.14. The van der Waals surface area contributed by atoms with Crippen LogP contribution < -0.4 is 0 Å². The molecule has 0 aliphatic rings. The molecule has 0 atom stereocenters. The van der Waals surface area contributed by atoms with Gasteiger partial charge in [0.2, 0.25) is 0 Å². The predicted octanol–water partition coefficient (Wildman–Crippen LogP) is 2.10. The minimum Gasteiger partial charge on any atom is -0.507 e. The smallest absolute Gasteiger partial charge is 0.342 e. The number of rotatable bonds is 2. The molecule has 76 valence electrons. The number of esters is 1. The summed E-state index contributed by atoms with van der Waals surface area (Å²) in [5, 5.41) is 9.25. The van der Waals surface area contributed by atoms with Crippen LogP contribution in [0.2, 0.25) is 0 Å². The first-order valence-electron chi connectivity index (χ1n) is 4.20. The number of hydrogen-bond acceptors (Lipinski definition) is 3. The molecule has 0 heterocycles. The first kappa shape index (κ1) is 10.5. The van der Waals surface area contributed by atoms with E-state index in [9.17, 15) is 14.3 Å². The highest BCUT2D eigenvalue weighted by atomic mass is 19.1. The average molecular weight is 198 g/mol. The van der Waals surface area contributed by atoms with Crippen LogP contribution in [0.3, 0.4) is 0 Å². The van der Waals surface area contributed by atoms with Crippen molar-refractivity contribution >= 4 is 5.97 Å². The standard InChI is InChI=1S/C10H11FO3/c1-6(2)14-10(13)8-5-7(11)3-4-9(8)12/h3-6,12H,1-2H3. The zero-order valence-corrected chi connectivity index (χ0v) is 7.95. The van der Waals surface area contributed by atoms with E-state index in [1.807, 2.05) is 0 Å². The molecule has 14 heavy (non-hydrogen) atoms. The Kier molecular flexibility index (Phi) is 3.06. The Morgan fingerprint density at radius 1 is 1.50 bits per heavy atom. The topological polar surface area (TPSA) is 46.5 Å². The van der Waals surface area contributed by atoms with Gasteiger partial charge in [-0.05, 0) is 32.0 Å². The number of phenols is 1. The molecule has 0 spiro atoms. The van der Waals surface area contributed by atoms with Crippen molar-refractivity contribution in [3.05, 3.63) is 29.6 Å². The highest BCUT2D eigenvalue weighted by molar-refractivity contribution is 5.92. The summed E-state index contributed by atoms with van der Waals surface area (Å²) in [4.78, 5) is 11.3. The van der Waals surface area contributed by atoms with Crippen LogP contribution in [0.5, 0.6) is 5.75 Å². The molecule has 1 aromatic rings. The van der Waals surface area contributed by atoms with Gasteiger partial charge < -0.3 is 9.84 Å². The molecular formula is C10H11FO3. The van der Waals surface area contributed by atoms with Crippen molar-refractivity contribution in [1.29, 1.82) is 0 Å². The Bertz CT molecular complexity index is 347. The molecule has 0 amide bonds. The monoisotopic (exact) mass is 198 g/mol. The largest absolute Gasteiger partial charge is 0.507 e. The van der Waals surface area contributed by atoms with Gasteiger partial charge in [-0.15, -0.1) is 0 Å². The van der Waals surface area contributed by atoms with E-state index < -0.39 is 11.8 Å². The van der Waals surface area contributed by atoms with Gasteiger partial charge >= 0.3 is 5.97 Å². The van der Waals surface area contributed by atoms with E-state index in [2.05, 4.69) is 0 Å². The van der Waals surface area contributed by atoms with Crippen LogP contribution in [-0.4, -0.2) is 17.2 Å². The zero-order chi connectivity index (χ0) is 10.7. The SMILES string of the molecule is CC(C)OC(=O)c1cc(F)ccc1O. The predicted molar refractivity (Wildman–Crippen MR) is 48.6 cm³/mol. The summed E-state index contributed by atoms with van der Waals surface area (Å²) in [6, 6.07) is 3.13. The maximum absolute atomic E-state index is 12.7. The van der Waals surface area contributed by atoms with Gasteiger partial charge in [0, 0.05) is 0 Å². The lowest BCUT2D eigenvalue weighted by Gasteiger charge is -2.08. The normalized spacial score (nSPS) is 10.3. The minimum absolute atomic E-state index is 0.154. The summed E-state index contributed by atoms with van der Waals surface area (Å²) in [7, 11) is 0. The summed E-state index contributed by atoms with van der Waals surface area (Å²) >= 11 is 0. The van der Waals surface area contributed by atoms with Gasteiger partial charge in [-0.1, -0.05) is 0 Å². The fourth-order valence-corrected chi connectivity index (χ4v) is 0.949. The molecule has 0 unspecified atom stereocenters. The number of ether oxygens (including phenoxy) is 1. The number of carbonyl (C=O) groups excluding carboxylic acids is 1. The first-order valence-corrected chi connectivity index (χ1v) is 4.20. The molecule has 1 rings (SSSR count). The Morgan fingerprint density at radius 2 is 2.14 bits per heavy atom. The summed E-state index contributed by atoms with van der Waals surface area (Å²) in [5.41, 5.74) is -0.154. The molecule has 1 aromatic carbocycles. The molecule has 0 aliphatic heterocycles. The van der Waals surface area contributed by atoms with Gasteiger partial charge in [0.15, 0.2) is 0 Å². The lowest BCUT2D eigenvalue weighted by molar-refractivity contribution is 0.0374. The van der Waals surface area contributed by atoms with Crippen molar-refractivity contribution in [2.75, 3.05) is 0 Å². The summed E-state index contributed by atoms with van der Waals surface area (Å²) in [6.45, 7) is 3.35. The molecule has 0 fully saturated rings. The first-order chi connectivity index (χ1) is 6.50. The zero-order valence-electron chi connectivity index (χ0n) is 7.95. The van der Waals surface area contributed by atoms with Gasteiger partial charge in [-0.3, -0.25) is 0 Å². The van der Waals surface area contributed by atoms with E-state index in [-0.39, 0.29) is 17.4 Å². The maximum atomic E-state index is 12.7. The van der Waals surface area contributed by atoms with Crippen LogP contribution in [0, 0.1) is 5.82 Å². The van der Waals surface area contributed by atoms with Gasteiger partial charge in [0.1, 0.15) is 17.1 Å². The molecule has 0 bridgehead atoms. The molecular weight excluding hydrogens is 187 g/mol. The molecule has 3 nitrogen and oxygen atoms in total. The number of halogens is 1. The number of benzene rings is 1. The van der Waals surface area contributed by atoms with Crippen LogP contribution in [0.1, 0.15) is 24.2 Å². The number of hydrogen-bond donors (Lipinski definition) is 1. The molecule has 0 saturated heterocycles. The van der Waals surface area contributed by atoms with Gasteiger partial charge in [-0.2, -0.15) is 0 Å². The van der Waals surface area contributed by atoms with Gasteiger partial charge in [-0.25, -0.2) is 9.18 Å². The fourth-order valence-electron chi connectivity index (χ4n) is 0.949. The molecule has 0 aliphatic carbocycles. The van der Waals surface area contributed by atoms with Crippen LogP contribution >= 0.6 is 0 Å². The summed E-state index contributed by atoms with van der Waals surface area (Å²) < 4.78 is 17.5. The Labute approximate surface area is 81.1 Å². The van der Waals surface area contributed by atoms with Crippen LogP contribution in [0.25, 0.3) is 0 Å². The summed E-state index contributed by atoms with van der Waals surface area (Å²) in [6.07, 6.45) is -0.301. The Balaban J connectivity index is 2.94. The lowest BCUT2D eigenvalue weighted by atomic mass is 10.2. The van der Waals surface area contributed by atoms with E-state index >= 15 is 0 Å². The third kappa shape index (κ3) is 2.45. The van der Waals surface area contributed by atoms with Crippen LogP contribution in [0.15, 0.2) is 18.2 Å². The molecule has 0 saturated carbocycles. The van der Waals surface area contributed by atoms with E-state index in [1.165, 1.54) is 0 Å². The van der Waals surface area contributed by atoms with Crippen molar-refractivity contribution in [3.63, 3.8) is 0 Å². The second kappa shape index (κ2) is 4.09. The van der Waals surface area contributed by atoms with Crippen molar-refractivity contribution in [3.8, 4) is 5.75 Å². The van der Waals surface area contributed by atoms with Crippen LogP contribution in [-0.2, 0) is 4.74 Å². The van der Waals surface area contributed by atoms with E-state index in [4.69, 9.17) is 4.74 Å². The third-order valence-electron chi connectivity index (χ3n) is 1.52. The number of aromatic hydroxyl groups is 1. The van der Waals surface area contributed by atoms with Crippen molar-refractivity contribution in [2.24, 2.45) is 0 Å². The van der Waals surface area contributed by atoms with Crippen molar-refractivity contribution < 1.29 is 19.0 Å². The molecule has 0 radical (unpaired) electrons. The van der Waals surface area contributed by atoms with E-state index in [0.717, 1.165) is 18.2 Å². The van der Waals surface area contributed by atoms with Crippen molar-refractivity contribution in [1.82, 2.24) is 0 Å². The lowest BCUT2D eigenvalue weighted by Crippen LogP contribution is -2.11. The van der Waals surface area contributed by atoms with E-state index in [0.29, 0.717) is 0 Å². The van der Waals surface area contributed by atoms with Gasteiger partial charge in [0.25, 0.3) is 0 Å². The second-order valence-corrected chi connectivity index (χ2v) is 3.12. The number of carbonyl (C=O) groups is 1. The van der Waals surface area contributed by atoms with Crippen molar-refractivity contribution in [2.45, 2.75) is 20.0 Å². The average Bonchev–Trinajstić information content (AvgIpc) is 2.08. The highest BCUT2D eigenvalue weighted by Crippen LogP contribution is 2.19. The minimum atomic E-state index is -0.725. The molecule has 0 aromatic heterocycles. The fraction of sp³-hybridized carbons (Fsp3) is 0.300. The molecule has 4 heteroatoms. The van der Waals surface area contributed by atoms with E-state index in [1.54, 1.807) is 13.8 Å². The Morgan fingerprint density at radius 3 is 2.71 bits per heavy atom. The molecule has 1 N–H and O–H groups in total. The maximum Gasteiger partial charge on any atom is 0.342 e. The third-order valence-corrected chi connectivity index (χ3v) is 1.52. The summed E-state index contributed by atoms with van der Waals surface area (Å²) in [5.74, 6) is -1.59. The second-order valence-electron chi connectivity index (χ2n) is 3.12. The van der Waals surface area contributed by atoms with Crippen LogP contribution in [0.4, 0.5) is 4.39 Å². The Hall–Kier alpha value is -1.58.